The normalized spacial score (nSPS) is 9.00. The molecule has 14 heavy (non-hydrogen) atoms. The molecule has 0 aliphatic carbocycles. The highest BCUT2D eigenvalue weighted by atomic mass is 79.9. The molecule has 2 nitrogen and oxygen atoms in total. The number of hydrogen-bond acceptors (Lipinski definition) is 2. The third kappa shape index (κ3) is 2.34. The molecule has 1 rings (SSSR count). The number of hydrogen-bond donors (Lipinski definition) is 0. The van der Waals surface area contributed by atoms with E-state index in [1.807, 2.05) is 0 Å². The van der Waals surface area contributed by atoms with Crippen LogP contribution in [0.5, 0.6) is 0 Å². The molecule has 0 atom stereocenters. The lowest BCUT2D eigenvalue weighted by atomic mass is 10.1. The van der Waals surface area contributed by atoms with E-state index >= 15 is 0 Å². The second-order valence-electron chi connectivity index (χ2n) is 2.58. The number of benzene rings is 1. The molecule has 0 saturated carbocycles. The largest absolute Gasteiger partial charge is 0.465 e. The van der Waals surface area contributed by atoms with E-state index in [2.05, 4.69) is 33.0 Å². The van der Waals surface area contributed by atoms with Gasteiger partial charge in [-0.25, -0.2) is 4.79 Å². The Morgan fingerprint density at radius 1 is 1.64 bits per heavy atom. The fourth-order valence-electron chi connectivity index (χ4n) is 1.01. The van der Waals surface area contributed by atoms with Gasteiger partial charge in [0.2, 0.25) is 0 Å². The SMILES string of the molecule is C=C=Cc1cc(C(=O)OC)ccc1Br. The van der Waals surface area contributed by atoms with Gasteiger partial charge in [-0.2, -0.15) is 0 Å². The Bertz CT molecular complexity index is 404. The smallest absolute Gasteiger partial charge is 0.337 e. The molecule has 0 heterocycles. The zero-order valence-electron chi connectivity index (χ0n) is 7.71. The molecule has 1 aromatic rings. The molecule has 0 N–H and O–H groups in total. The Labute approximate surface area is 91.0 Å². The predicted molar refractivity (Wildman–Crippen MR) is 59.1 cm³/mol. The fraction of sp³-hybridized carbons (Fsp3) is 0.0909. The van der Waals surface area contributed by atoms with Crippen molar-refractivity contribution in [3.8, 4) is 0 Å². The van der Waals surface area contributed by atoms with E-state index in [0.717, 1.165) is 10.0 Å². The second-order valence-corrected chi connectivity index (χ2v) is 3.43. The van der Waals surface area contributed by atoms with E-state index in [-0.39, 0.29) is 5.97 Å². The molecule has 0 amide bonds. The molecular weight excluding hydrogens is 244 g/mol. The Hall–Kier alpha value is -1.31. The van der Waals surface area contributed by atoms with Crippen molar-refractivity contribution in [2.24, 2.45) is 0 Å². The van der Waals surface area contributed by atoms with Crippen LogP contribution in [0.3, 0.4) is 0 Å². The molecule has 72 valence electrons. The van der Waals surface area contributed by atoms with Gasteiger partial charge in [0, 0.05) is 4.47 Å². The van der Waals surface area contributed by atoms with Gasteiger partial charge in [-0.3, -0.25) is 0 Å². The van der Waals surface area contributed by atoms with Crippen LogP contribution in [0.15, 0.2) is 35.0 Å². The first-order valence-corrected chi connectivity index (χ1v) is 4.72. The van der Waals surface area contributed by atoms with E-state index < -0.39 is 0 Å². The summed E-state index contributed by atoms with van der Waals surface area (Å²) in [4.78, 5) is 11.2. The first-order valence-electron chi connectivity index (χ1n) is 3.92. The van der Waals surface area contributed by atoms with E-state index in [1.54, 1.807) is 24.3 Å². The van der Waals surface area contributed by atoms with E-state index in [1.165, 1.54) is 7.11 Å². The molecule has 0 aliphatic rings. The van der Waals surface area contributed by atoms with Crippen LogP contribution in [0.4, 0.5) is 0 Å². The standard InChI is InChI=1S/C11H9BrO2/c1-3-4-8-7-9(11(13)14-2)5-6-10(8)12/h4-7H,1H2,2H3. The lowest BCUT2D eigenvalue weighted by Crippen LogP contribution is -2.01. The van der Waals surface area contributed by atoms with Crippen LogP contribution in [0.25, 0.3) is 6.08 Å². The summed E-state index contributed by atoms with van der Waals surface area (Å²) in [6.07, 6.45) is 1.69. The number of methoxy groups -OCH3 is 1. The molecular formula is C11H9BrO2. The third-order valence-corrected chi connectivity index (χ3v) is 2.40. The van der Waals surface area contributed by atoms with Crippen molar-refractivity contribution < 1.29 is 9.53 Å². The molecule has 0 aromatic heterocycles. The topological polar surface area (TPSA) is 26.3 Å². The molecule has 0 fully saturated rings. The Balaban J connectivity index is 3.18. The summed E-state index contributed by atoms with van der Waals surface area (Å²) in [5, 5.41) is 0. The van der Waals surface area contributed by atoms with Crippen molar-refractivity contribution in [2.75, 3.05) is 7.11 Å². The zero-order chi connectivity index (χ0) is 10.6. The van der Waals surface area contributed by atoms with Gasteiger partial charge in [0.15, 0.2) is 0 Å². The monoisotopic (exact) mass is 252 g/mol. The van der Waals surface area contributed by atoms with Crippen LogP contribution >= 0.6 is 15.9 Å². The minimum atomic E-state index is -0.351. The number of halogens is 1. The van der Waals surface area contributed by atoms with Crippen molar-refractivity contribution in [1.29, 1.82) is 0 Å². The lowest BCUT2D eigenvalue weighted by molar-refractivity contribution is 0.0600. The third-order valence-electron chi connectivity index (χ3n) is 1.67. The van der Waals surface area contributed by atoms with Crippen LogP contribution < -0.4 is 0 Å². The van der Waals surface area contributed by atoms with Gasteiger partial charge in [-0.05, 0) is 29.8 Å². The summed E-state index contributed by atoms with van der Waals surface area (Å²) in [7, 11) is 1.35. The molecule has 0 spiro atoms. The summed E-state index contributed by atoms with van der Waals surface area (Å²) in [6, 6.07) is 5.19. The van der Waals surface area contributed by atoms with Gasteiger partial charge in [0.05, 0.1) is 12.7 Å². The van der Waals surface area contributed by atoms with Crippen molar-refractivity contribution >= 4 is 28.0 Å². The average molecular weight is 253 g/mol. The highest BCUT2D eigenvalue weighted by Crippen LogP contribution is 2.19. The zero-order valence-corrected chi connectivity index (χ0v) is 9.30. The van der Waals surface area contributed by atoms with Crippen molar-refractivity contribution in [2.45, 2.75) is 0 Å². The van der Waals surface area contributed by atoms with Gasteiger partial charge >= 0.3 is 5.97 Å². The molecule has 0 bridgehead atoms. The molecule has 1 aromatic carbocycles. The number of esters is 1. The Morgan fingerprint density at radius 2 is 2.36 bits per heavy atom. The van der Waals surface area contributed by atoms with Gasteiger partial charge < -0.3 is 4.74 Å². The molecule has 0 radical (unpaired) electrons. The summed E-state index contributed by atoms with van der Waals surface area (Å²) >= 11 is 3.35. The minimum Gasteiger partial charge on any atom is -0.465 e. The number of carbonyl (C=O) groups excluding carboxylic acids is 1. The highest BCUT2D eigenvalue weighted by molar-refractivity contribution is 9.10. The van der Waals surface area contributed by atoms with Gasteiger partial charge in [0.25, 0.3) is 0 Å². The molecule has 0 aliphatic heterocycles. The molecule has 3 heteroatoms. The maximum atomic E-state index is 11.2. The van der Waals surface area contributed by atoms with Crippen LogP contribution in [0, 0.1) is 0 Å². The van der Waals surface area contributed by atoms with E-state index in [0.29, 0.717) is 5.56 Å². The van der Waals surface area contributed by atoms with Crippen LogP contribution in [0.2, 0.25) is 0 Å². The highest BCUT2D eigenvalue weighted by Gasteiger charge is 2.06. The second kappa shape index (κ2) is 4.80. The molecule has 0 saturated heterocycles. The Morgan fingerprint density at radius 3 is 2.93 bits per heavy atom. The summed E-state index contributed by atoms with van der Waals surface area (Å²) in [5.74, 6) is -0.351. The first-order chi connectivity index (χ1) is 6.69. The quantitative estimate of drug-likeness (QED) is 0.598. The van der Waals surface area contributed by atoms with E-state index in [9.17, 15) is 4.79 Å². The average Bonchev–Trinajstić information content (AvgIpc) is 2.20. The maximum absolute atomic E-state index is 11.2. The van der Waals surface area contributed by atoms with Crippen molar-refractivity contribution in [3.05, 3.63) is 46.1 Å². The summed E-state index contributed by atoms with van der Waals surface area (Å²) in [6.45, 7) is 3.47. The van der Waals surface area contributed by atoms with Gasteiger partial charge in [-0.15, -0.1) is 5.73 Å². The number of carbonyl (C=O) groups is 1. The van der Waals surface area contributed by atoms with Gasteiger partial charge in [0.1, 0.15) is 0 Å². The van der Waals surface area contributed by atoms with Gasteiger partial charge in [-0.1, -0.05) is 22.5 Å². The van der Waals surface area contributed by atoms with E-state index in [4.69, 9.17) is 0 Å². The van der Waals surface area contributed by atoms with Crippen molar-refractivity contribution in [1.82, 2.24) is 0 Å². The summed E-state index contributed by atoms with van der Waals surface area (Å²) in [5.41, 5.74) is 4.01. The van der Waals surface area contributed by atoms with Crippen LogP contribution in [-0.4, -0.2) is 13.1 Å². The van der Waals surface area contributed by atoms with Crippen LogP contribution in [-0.2, 0) is 4.74 Å². The minimum absolute atomic E-state index is 0.351. The van der Waals surface area contributed by atoms with Crippen LogP contribution in [0.1, 0.15) is 15.9 Å². The van der Waals surface area contributed by atoms with Crippen molar-refractivity contribution in [3.63, 3.8) is 0 Å². The number of rotatable bonds is 2. The lowest BCUT2D eigenvalue weighted by Gasteiger charge is -2.01. The fourth-order valence-corrected chi connectivity index (χ4v) is 1.37. The Kier molecular flexibility index (Phi) is 3.69. The maximum Gasteiger partial charge on any atom is 0.337 e. The summed E-state index contributed by atoms with van der Waals surface area (Å²) < 4.78 is 5.50. The first kappa shape index (κ1) is 10.8. The molecule has 0 unspecified atom stereocenters. The number of ether oxygens (including phenoxy) is 1. The predicted octanol–water partition coefficient (Wildman–Crippen LogP) is 3.03.